The molecule has 2 aromatic rings. The third-order valence-corrected chi connectivity index (χ3v) is 7.77. The molecule has 0 N–H and O–H groups in total. The van der Waals surface area contributed by atoms with Gasteiger partial charge in [-0.15, -0.1) is 0 Å². The van der Waals surface area contributed by atoms with E-state index in [0.29, 0.717) is 11.3 Å². The summed E-state index contributed by atoms with van der Waals surface area (Å²) in [6.07, 6.45) is 6.58. The highest BCUT2D eigenvalue weighted by atomic mass is 32.2. The molecule has 1 aliphatic carbocycles. The highest BCUT2D eigenvalue weighted by Crippen LogP contribution is 2.49. The van der Waals surface area contributed by atoms with Crippen LogP contribution in [0.15, 0.2) is 58.5 Å². The number of amidine groups is 2. The Balaban J connectivity index is 1.81. The molecule has 1 heterocycles. The molecule has 0 unspecified atom stereocenters. The number of hydrogen-bond acceptors (Lipinski definition) is 4. The molecule has 2 aromatic carbocycles. The third kappa shape index (κ3) is 4.19. The van der Waals surface area contributed by atoms with E-state index >= 15 is 0 Å². The molecule has 1 saturated carbocycles. The maximum Gasteiger partial charge on any atom is 0.170 e. The second kappa shape index (κ2) is 8.93. The Morgan fingerprint density at radius 3 is 2.28 bits per heavy atom. The van der Waals surface area contributed by atoms with Crippen molar-refractivity contribution >= 4 is 34.1 Å². The number of rotatable bonds is 3. The lowest BCUT2D eigenvalue weighted by Crippen LogP contribution is -2.54. The van der Waals surface area contributed by atoms with Crippen LogP contribution in [0.25, 0.3) is 0 Å². The minimum absolute atomic E-state index is 0.211. The van der Waals surface area contributed by atoms with Gasteiger partial charge in [-0.3, -0.25) is 0 Å². The van der Waals surface area contributed by atoms with Crippen LogP contribution in [-0.2, 0) is 0 Å². The fourth-order valence-electron chi connectivity index (χ4n) is 5.09. The third-order valence-electron chi connectivity index (χ3n) is 7.13. The van der Waals surface area contributed by atoms with Crippen LogP contribution in [0.2, 0.25) is 0 Å². The van der Waals surface area contributed by atoms with Crippen LogP contribution in [0.1, 0.15) is 52.0 Å². The minimum Gasteiger partial charge on any atom is -0.497 e. The summed E-state index contributed by atoms with van der Waals surface area (Å²) in [5.41, 5.74) is 3.46. The molecule has 4 rings (SSSR count). The molecule has 1 spiro atoms. The van der Waals surface area contributed by atoms with Gasteiger partial charge in [0.25, 0.3) is 0 Å². The number of thioether (sulfide) groups is 1. The van der Waals surface area contributed by atoms with Crippen molar-refractivity contribution < 1.29 is 4.74 Å². The van der Waals surface area contributed by atoms with Gasteiger partial charge in [-0.2, -0.15) is 0 Å². The molecule has 2 aliphatic rings. The van der Waals surface area contributed by atoms with Crippen LogP contribution in [0, 0.1) is 18.3 Å². The van der Waals surface area contributed by atoms with Crippen LogP contribution in [-0.4, -0.2) is 29.9 Å². The fourth-order valence-corrected chi connectivity index (χ4v) is 5.73. The highest BCUT2D eigenvalue weighted by Gasteiger charge is 2.51. The van der Waals surface area contributed by atoms with Crippen LogP contribution < -0.4 is 9.64 Å². The van der Waals surface area contributed by atoms with E-state index in [4.69, 9.17) is 14.7 Å². The van der Waals surface area contributed by atoms with Gasteiger partial charge in [0.1, 0.15) is 11.3 Å². The largest absolute Gasteiger partial charge is 0.497 e. The first-order valence-corrected chi connectivity index (χ1v) is 12.7. The summed E-state index contributed by atoms with van der Waals surface area (Å²) < 4.78 is 5.41. The second-order valence-electron chi connectivity index (χ2n) is 10.0. The van der Waals surface area contributed by atoms with Crippen molar-refractivity contribution in [3.05, 3.63) is 54.1 Å². The Morgan fingerprint density at radius 2 is 1.72 bits per heavy atom. The van der Waals surface area contributed by atoms with Crippen molar-refractivity contribution in [1.82, 2.24) is 0 Å². The average Bonchev–Trinajstić information content (AvgIpc) is 3.07. The lowest BCUT2D eigenvalue weighted by molar-refractivity contribution is 0.158. The molecule has 0 atom stereocenters. The number of para-hydroxylation sites is 1. The highest BCUT2D eigenvalue weighted by molar-refractivity contribution is 8.13. The molecule has 1 fully saturated rings. The van der Waals surface area contributed by atoms with Crippen molar-refractivity contribution in [2.45, 2.75) is 58.9 Å². The van der Waals surface area contributed by atoms with E-state index in [9.17, 15) is 0 Å². The van der Waals surface area contributed by atoms with Gasteiger partial charge in [0.2, 0.25) is 0 Å². The molecule has 0 bridgehead atoms. The molecule has 0 saturated heterocycles. The molecular formula is C27H35N3OS. The molecule has 0 aromatic heterocycles. The molecule has 0 amide bonds. The maximum atomic E-state index is 5.41. The standard InChI is InChI=1S/C27H35N3OS/c1-19-9-7-8-10-23(19)28-24-27(17-15-20(16-18-27)26(2,3)4)30(25(29-24)32-6)21-11-13-22(31-5)14-12-21/h7-14,20H,15-18H2,1-6H3. The average molecular weight is 450 g/mol. The van der Waals surface area contributed by atoms with E-state index in [1.807, 2.05) is 12.1 Å². The molecule has 32 heavy (non-hydrogen) atoms. The van der Waals surface area contributed by atoms with Gasteiger partial charge < -0.3 is 9.64 Å². The molecule has 4 nitrogen and oxygen atoms in total. The number of aliphatic imine (C=N–C) groups is 2. The number of nitrogens with zero attached hydrogens (tertiary/aromatic N) is 3. The topological polar surface area (TPSA) is 37.2 Å². The summed E-state index contributed by atoms with van der Waals surface area (Å²) in [7, 11) is 1.71. The van der Waals surface area contributed by atoms with E-state index in [1.165, 1.54) is 18.4 Å². The smallest absolute Gasteiger partial charge is 0.170 e. The van der Waals surface area contributed by atoms with Crippen molar-refractivity contribution in [3.8, 4) is 5.75 Å². The van der Waals surface area contributed by atoms with Crippen LogP contribution >= 0.6 is 11.8 Å². The van der Waals surface area contributed by atoms with Crippen molar-refractivity contribution in [1.29, 1.82) is 0 Å². The zero-order chi connectivity index (χ0) is 22.9. The summed E-state index contributed by atoms with van der Waals surface area (Å²) in [4.78, 5) is 12.8. The molecule has 1 aliphatic heterocycles. The van der Waals surface area contributed by atoms with E-state index in [2.05, 4.69) is 75.2 Å². The second-order valence-corrected chi connectivity index (χ2v) is 10.8. The Bertz CT molecular complexity index is 1010. The van der Waals surface area contributed by atoms with E-state index in [1.54, 1.807) is 18.9 Å². The maximum absolute atomic E-state index is 5.41. The van der Waals surface area contributed by atoms with Gasteiger partial charge in [-0.05, 0) is 86.1 Å². The first kappa shape index (κ1) is 22.9. The first-order valence-electron chi connectivity index (χ1n) is 11.5. The molecule has 170 valence electrons. The molecule has 5 heteroatoms. The van der Waals surface area contributed by atoms with Gasteiger partial charge in [0.15, 0.2) is 11.0 Å². The first-order chi connectivity index (χ1) is 15.3. The number of anilines is 1. The SMILES string of the molecule is COc1ccc(N2C(SC)=NC(=Nc3ccccc3C)C23CCC(C(C)(C)C)CC3)cc1. The zero-order valence-corrected chi connectivity index (χ0v) is 21.0. The van der Waals surface area contributed by atoms with Gasteiger partial charge in [0, 0.05) is 5.69 Å². The number of benzene rings is 2. The quantitative estimate of drug-likeness (QED) is 0.495. The van der Waals surface area contributed by atoms with Crippen LogP contribution in [0.5, 0.6) is 5.75 Å². The Hall–Kier alpha value is -2.27. The van der Waals surface area contributed by atoms with E-state index < -0.39 is 0 Å². The van der Waals surface area contributed by atoms with Gasteiger partial charge >= 0.3 is 0 Å². The van der Waals surface area contributed by atoms with Crippen molar-refractivity contribution in [2.75, 3.05) is 18.3 Å². The zero-order valence-electron chi connectivity index (χ0n) is 20.2. The lowest BCUT2D eigenvalue weighted by Gasteiger charge is -2.47. The summed E-state index contributed by atoms with van der Waals surface area (Å²) in [6, 6.07) is 16.7. The monoisotopic (exact) mass is 449 g/mol. The van der Waals surface area contributed by atoms with Crippen LogP contribution in [0.3, 0.4) is 0 Å². The minimum atomic E-state index is -0.211. The predicted octanol–water partition coefficient (Wildman–Crippen LogP) is 7.25. The summed E-state index contributed by atoms with van der Waals surface area (Å²) >= 11 is 1.70. The number of ether oxygens (including phenoxy) is 1. The van der Waals surface area contributed by atoms with Gasteiger partial charge in [-0.25, -0.2) is 9.98 Å². The van der Waals surface area contributed by atoms with Gasteiger partial charge in [-0.1, -0.05) is 50.7 Å². The number of hydrogen-bond donors (Lipinski definition) is 0. The Morgan fingerprint density at radius 1 is 1.06 bits per heavy atom. The van der Waals surface area contributed by atoms with Gasteiger partial charge in [0.05, 0.1) is 12.8 Å². The van der Waals surface area contributed by atoms with Crippen molar-refractivity contribution in [3.63, 3.8) is 0 Å². The normalized spacial score (nSPS) is 24.8. The fraction of sp³-hybridized carbons (Fsp3) is 0.481. The molecular weight excluding hydrogens is 414 g/mol. The van der Waals surface area contributed by atoms with Crippen molar-refractivity contribution in [2.24, 2.45) is 21.3 Å². The number of aryl methyl sites for hydroxylation is 1. The Kier molecular flexibility index (Phi) is 6.39. The summed E-state index contributed by atoms with van der Waals surface area (Å²) in [5, 5.41) is 1.02. The van der Waals surface area contributed by atoms with E-state index in [0.717, 1.165) is 41.0 Å². The summed E-state index contributed by atoms with van der Waals surface area (Å²) in [5.74, 6) is 2.54. The van der Waals surface area contributed by atoms with E-state index in [-0.39, 0.29) is 5.54 Å². The molecule has 0 radical (unpaired) electrons. The predicted molar refractivity (Wildman–Crippen MR) is 139 cm³/mol. The lowest BCUT2D eigenvalue weighted by atomic mass is 9.66. The summed E-state index contributed by atoms with van der Waals surface area (Å²) in [6.45, 7) is 9.24. The Labute approximate surface area is 197 Å². The number of methoxy groups -OCH3 is 1. The van der Waals surface area contributed by atoms with Crippen LogP contribution in [0.4, 0.5) is 11.4 Å².